The minimum Gasteiger partial charge on any atom is -0.492 e. The van der Waals surface area contributed by atoms with E-state index in [2.05, 4.69) is 0 Å². The Hall–Kier alpha value is -1.86. The van der Waals surface area contributed by atoms with Crippen LogP contribution >= 0.6 is 0 Å². The summed E-state index contributed by atoms with van der Waals surface area (Å²) in [6.07, 6.45) is 2.91. The molecule has 7 heteroatoms. The number of aliphatic carboxylic acids is 1. The number of ether oxygens (including phenoxy) is 1. The van der Waals surface area contributed by atoms with Crippen molar-refractivity contribution in [3.05, 3.63) is 35.9 Å². The zero-order valence-corrected chi connectivity index (χ0v) is 12.6. The van der Waals surface area contributed by atoms with E-state index >= 15 is 0 Å². The minimum atomic E-state index is -3.94. The first-order valence-corrected chi connectivity index (χ1v) is 7.96. The molecule has 0 fully saturated rings. The molecule has 114 valence electrons. The van der Waals surface area contributed by atoms with Crippen molar-refractivity contribution in [1.82, 2.24) is 4.31 Å². The molecule has 0 bridgehead atoms. The summed E-state index contributed by atoms with van der Waals surface area (Å²) in [6.45, 7) is 3.89. The van der Waals surface area contributed by atoms with Crippen LogP contribution in [0.2, 0.25) is 0 Å². The monoisotopic (exact) mass is 311 g/mol. The maximum Gasteiger partial charge on any atom is 0.326 e. The van der Waals surface area contributed by atoms with Gasteiger partial charge in [0.15, 0.2) is 0 Å². The van der Waals surface area contributed by atoms with Gasteiger partial charge in [-0.15, -0.1) is 0 Å². The summed E-state index contributed by atoms with van der Waals surface area (Å²) < 4.78 is 31.8. The SMILES string of the molecule is CCOc1ccc(C)cc1S(=O)(=O)N1CC=CC1C(=O)O. The van der Waals surface area contributed by atoms with E-state index < -0.39 is 22.0 Å². The molecule has 1 heterocycles. The second-order valence-electron chi connectivity index (χ2n) is 4.67. The number of benzene rings is 1. The molecule has 1 atom stereocenters. The number of rotatable bonds is 5. The van der Waals surface area contributed by atoms with Gasteiger partial charge in [-0.2, -0.15) is 4.31 Å². The van der Waals surface area contributed by atoms with Gasteiger partial charge in [0.05, 0.1) is 6.61 Å². The Bertz CT molecular complexity index is 681. The average Bonchev–Trinajstić information content (AvgIpc) is 2.91. The van der Waals surface area contributed by atoms with Gasteiger partial charge in [0.1, 0.15) is 16.7 Å². The van der Waals surface area contributed by atoms with E-state index in [1.54, 1.807) is 26.0 Å². The van der Waals surface area contributed by atoms with Gasteiger partial charge in [-0.05, 0) is 31.5 Å². The van der Waals surface area contributed by atoms with Crippen molar-refractivity contribution in [2.75, 3.05) is 13.2 Å². The maximum atomic E-state index is 12.7. The molecule has 1 aromatic rings. The predicted molar refractivity (Wildman–Crippen MR) is 76.8 cm³/mol. The lowest BCUT2D eigenvalue weighted by molar-refractivity contribution is -0.139. The number of carbonyl (C=O) groups is 1. The van der Waals surface area contributed by atoms with E-state index in [-0.39, 0.29) is 17.2 Å². The Morgan fingerprint density at radius 3 is 2.81 bits per heavy atom. The van der Waals surface area contributed by atoms with Gasteiger partial charge < -0.3 is 9.84 Å². The topological polar surface area (TPSA) is 83.9 Å². The largest absolute Gasteiger partial charge is 0.492 e. The number of hydrogen-bond acceptors (Lipinski definition) is 4. The van der Waals surface area contributed by atoms with Crippen LogP contribution in [0.25, 0.3) is 0 Å². The summed E-state index contributed by atoms with van der Waals surface area (Å²) >= 11 is 0. The summed E-state index contributed by atoms with van der Waals surface area (Å²) in [5.74, 6) is -0.961. The third-order valence-electron chi connectivity index (χ3n) is 3.15. The first-order chi connectivity index (χ1) is 9.87. The first-order valence-electron chi connectivity index (χ1n) is 6.52. The second kappa shape index (κ2) is 5.87. The molecule has 0 saturated carbocycles. The van der Waals surface area contributed by atoms with Gasteiger partial charge >= 0.3 is 5.97 Å². The van der Waals surface area contributed by atoms with Crippen molar-refractivity contribution in [1.29, 1.82) is 0 Å². The summed E-state index contributed by atoms with van der Waals surface area (Å²) in [7, 11) is -3.94. The van der Waals surface area contributed by atoms with Gasteiger partial charge in [-0.3, -0.25) is 4.79 Å². The third-order valence-corrected chi connectivity index (χ3v) is 5.02. The maximum absolute atomic E-state index is 12.7. The molecule has 1 N–H and O–H groups in total. The number of carboxylic acids is 1. The van der Waals surface area contributed by atoms with Crippen LogP contribution in [0.4, 0.5) is 0 Å². The fourth-order valence-electron chi connectivity index (χ4n) is 2.17. The molecular weight excluding hydrogens is 294 g/mol. The fourth-order valence-corrected chi connectivity index (χ4v) is 3.88. The van der Waals surface area contributed by atoms with Crippen LogP contribution in [0.15, 0.2) is 35.2 Å². The molecule has 1 aliphatic rings. The van der Waals surface area contributed by atoms with E-state index in [4.69, 9.17) is 9.84 Å². The van der Waals surface area contributed by atoms with E-state index in [0.717, 1.165) is 9.87 Å². The van der Waals surface area contributed by atoms with Crippen LogP contribution in [-0.2, 0) is 14.8 Å². The fraction of sp³-hybridized carbons (Fsp3) is 0.357. The van der Waals surface area contributed by atoms with Crippen LogP contribution in [0.3, 0.4) is 0 Å². The average molecular weight is 311 g/mol. The van der Waals surface area contributed by atoms with Crippen LogP contribution in [-0.4, -0.2) is 43.0 Å². The molecular formula is C14H17NO5S. The molecule has 2 rings (SSSR count). The molecule has 21 heavy (non-hydrogen) atoms. The van der Waals surface area contributed by atoms with Crippen LogP contribution < -0.4 is 4.74 Å². The lowest BCUT2D eigenvalue weighted by atomic mass is 10.2. The molecule has 6 nitrogen and oxygen atoms in total. The van der Waals surface area contributed by atoms with Crippen molar-refractivity contribution >= 4 is 16.0 Å². The van der Waals surface area contributed by atoms with E-state index in [1.165, 1.54) is 18.2 Å². The molecule has 1 unspecified atom stereocenters. The lowest BCUT2D eigenvalue weighted by Crippen LogP contribution is -2.40. The summed E-state index contributed by atoms with van der Waals surface area (Å²) in [5.41, 5.74) is 0.760. The summed E-state index contributed by atoms with van der Waals surface area (Å²) in [5, 5.41) is 9.13. The number of sulfonamides is 1. The van der Waals surface area contributed by atoms with Crippen LogP contribution in [0.1, 0.15) is 12.5 Å². The Kier molecular flexibility index (Phi) is 4.34. The van der Waals surface area contributed by atoms with Gasteiger partial charge in [0.2, 0.25) is 10.0 Å². The molecule has 0 aliphatic carbocycles. The Labute approximate surface area is 123 Å². The highest BCUT2D eigenvalue weighted by Crippen LogP contribution is 2.30. The zero-order chi connectivity index (χ0) is 15.6. The molecule has 0 radical (unpaired) electrons. The number of carboxylic acid groups (broad SMARTS) is 1. The highest BCUT2D eigenvalue weighted by Gasteiger charge is 2.38. The smallest absolute Gasteiger partial charge is 0.326 e. The van der Waals surface area contributed by atoms with Gasteiger partial charge in [-0.25, -0.2) is 8.42 Å². The van der Waals surface area contributed by atoms with Crippen LogP contribution in [0, 0.1) is 6.92 Å². The molecule has 0 aromatic heterocycles. The minimum absolute atomic E-state index is 0.000648. The highest BCUT2D eigenvalue weighted by atomic mass is 32.2. The quantitative estimate of drug-likeness (QED) is 0.831. The number of nitrogens with zero attached hydrogens (tertiary/aromatic N) is 1. The third kappa shape index (κ3) is 2.93. The molecule has 0 saturated heterocycles. The Morgan fingerprint density at radius 1 is 1.48 bits per heavy atom. The standard InChI is InChI=1S/C14H17NO5S/c1-3-20-12-7-6-10(2)9-13(12)21(18,19)15-8-4-5-11(15)14(16)17/h4-7,9,11H,3,8H2,1-2H3,(H,16,17). The van der Waals surface area contributed by atoms with Gasteiger partial charge in [-0.1, -0.05) is 18.2 Å². The number of aryl methyl sites for hydroxylation is 1. The van der Waals surface area contributed by atoms with Crippen molar-refractivity contribution in [2.24, 2.45) is 0 Å². The highest BCUT2D eigenvalue weighted by molar-refractivity contribution is 7.89. The summed E-state index contributed by atoms with van der Waals surface area (Å²) in [4.78, 5) is 11.2. The van der Waals surface area contributed by atoms with Crippen molar-refractivity contribution in [2.45, 2.75) is 24.8 Å². The Morgan fingerprint density at radius 2 is 2.19 bits per heavy atom. The predicted octanol–water partition coefficient (Wildman–Crippen LogP) is 1.41. The van der Waals surface area contributed by atoms with E-state index in [0.29, 0.717) is 6.61 Å². The zero-order valence-electron chi connectivity index (χ0n) is 11.8. The molecule has 1 aromatic carbocycles. The normalized spacial score (nSPS) is 18.9. The molecule has 1 aliphatic heterocycles. The van der Waals surface area contributed by atoms with Crippen molar-refractivity contribution in [3.8, 4) is 5.75 Å². The number of hydrogen-bond donors (Lipinski definition) is 1. The summed E-state index contributed by atoms with van der Waals surface area (Å²) in [6, 6.07) is 3.66. The van der Waals surface area contributed by atoms with Gasteiger partial charge in [0.25, 0.3) is 0 Å². The van der Waals surface area contributed by atoms with Crippen LogP contribution in [0.5, 0.6) is 5.75 Å². The van der Waals surface area contributed by atoms with Gasteiger partial charge in [0, 0.05) is 6.54 Å². The second-order valence-corrected chi connectivity index (χ2v) is 6.53. The van der Waals surface area contributed by atoms with Crippen molar-refractivity contribution < 1.29 is 23.1 Å². The van der Waals surface area contributed by atoms with E-state index in [9.17, 15) is 13.2 Å². The van der Waals surface area contributed by atoms with E-state index in [1.807, 2.05) is 0 Å². The van der Waals surface area contributed by atoms with Crippen molar-refractivity contribution in [3.63, 3.8) is 0 Å². The molecule has 0 spiro atoms. The Balaban J connectivity index is 2.49. The lowest BCUT2D eigenvalue weighted by Gasteiger charge is -2.22. The first kappa shape index (κ1) is 15.5. The molecule has 0 amide bonds.